The van der Waals surface area contributed by atoms with Crippen molar-refractivity contribution in [1.29, 1.82) is 0 Å². The smallest absolute Gasteiger partial charge is 0.252 e. The molecule has 2 rings (SSSR count). The Labute approximate surface area is 155 Å². The Balaban J connectivity index is 1.76. The lowest BCUT2D eigenvalue weighted by atomic mass is 10.2. The zero-order valence-corrected chi connectivity index (χ0v) is 15.8. The van der Waals surface area contributed by atoms with Gasteiger partial charge in [0, 0.05) is 33.0 Å². The first-order valence-electron chi connectivity index (χ1n) is 7.04. The molecule has 0 aliphatic rings. The molecule has 0 saturated carbocycles. The van der Waals surface area contributed by atoms with Gasteiger partial charge in [-0.3, -0.25) is 4.79 Å². The summed E-state index contributed by atoms with van der Waals surface area (Å²) in [4.78, 5) is 13.2. The molecule has 1 amide bonds. The Morgan fingerprint density at radius 1 is 1.17 bits per heavy atom. The molecule has 2 aromatic carbocycles. The lowest BCUT2D eigenvalue weighted by Gasteiger charge is -2.09. The van der Waals surface area contributed by atoms with E-state index in [1.807, 2.05) is 42.7 Å². The third kappa shape index (κ3) is 5.64. The molecule has 0 heterocycles. The standard InChI is InChI=1S/C17H17Cl2NOS2/c1-22-16-5-3-2-4-14(16)17(21)20-8-9-23-11-12-6-7-13(18)10-15(12)19/h2-7,10H,8-9,11H2,1H3,(H,20,21). The summed E-state index contributed by atoms with van der Waals surface area (Å²) in [6.07, 6.45) is 1.97. The Morgan fingerprint density at radius 3 is 2.70 bits per heavy atom. The predicted molar refractivity (Wildman–Crippen MR) is 103 cm³/mol. The number of halogens is 2. The van der Waals surface area contributed by atoms with Crippen molar-refractivity contribution in [3.63, 3.8) is 0 Å². The van der Waals surface area contributed by atoms with Gasteiger partial charge in [0.05, 0.1) is 5.56 Å². The number of amides is 1. The first kappa shape index (κ1) is 18.5. The molecular weight excluding hydrogens is 369 g/mol. The van der Waals surface area contributed by atoms with Gasteiger partial charge in [-0.1, -0.05) is 41.4 Å². The SMILES string of the molecule is CSc1ccccc1C(=O)NCCSCc1ccc(Cl)cc1Cl. The van der Waals surface area contributed by atoms with Gasteiger partial charge in [-0.25, -0.2) is 0 Å². The summed E-state index contributed by atoms with van der Waals surface area (Å²) in [5, 5.41) is 4.28. The number of hydrogen-bond donors (Lipinski definition) is 1. The highest BCUT2D eigenvalue weighted by Crippen LogP contribution is 2.24. The van der Waals surface area contributed by atoms with E-state index in [-0.39, 0.29) is 5.91 Å². The molecule has 0 radical (unpaired) electrons. The number of thioether (sulfide) groups is 2. The molecule has 0 aliphatic heterocycles. The topological polar surface area (TPSA) is 29.1 Å². The van der Waals surface area contributed by atoms with Crippen molar-refractivity contribution in [1.82, 2.24) is 5.32 Å². The van der Waals surface area contributed by atoms with Crippen LogP contribution in [0.3, 0.4) is 0 Å². The van der Waals surface area contributed by atoms with Crippen LogP contribution in [-0.2, 0) is 5.75 Å². The number of carbonyl (C=O) groups excluding carboxylic acids is 1. The molecule has 0 aliphatic carbocycles. The monoisotopic (exact) mass is 385 g/mol. The van der Waals surface area contributed by atoms with Crippen LogP contribution in [0.25, 0.3) is 0 Å². The largest absolute Gasteiger partial charge is 0.351 e. The summed E-state index contributed by atoms with van der Waals surface area (Å²) in [7, 11) is 0. The van der Waals surface area contributed by atoms with Gasteiger partial charge in [-0.2, -0.15) is 11.8 Å². The maximum absolute atomic E-state index is 12.2. The Kier molecular flexibility index (Phi) is 7.63. The van der Waals surface area contributed by atoms with Gasteiger partial charge in [-0.05, 0) is 36.1 Å². The van der Waals surface area contributed by atoms with Gasteiger partial charge in [0.2, 0.25) is 0 Å². The second-order valence-electron chi connectivity index (χ2n) is 4.74. The third-order valence-electron chi connectivity index (χ3n) is 3.16. The Bertz CT molecular complexity index is 679. The van der Waals surface area contributed by atoms with Gasteiger partial charge >= 0.3 is 0 Å². The fourth-order valence-electron chi connectivity index (χ4n) is 1.99. The van der Waals surface area contributed by atoms with E-state index in [0.29, 0.717) is 16.6 Å². The molecule has 122 valence electrons. The zero-order chi connectivity index (χ0) is 16.7. The second-order valence-corrected chi connectivity index (χ2v) is 7.54. The first-order valence-corrected chi connectivity index (χ1v) is 10.2. The van der Waals surface area contributed by atoms with Crippen molar-refractivity contribution < 1.29 is 4.79 Å². The van der Waals surface area contributed by atoms with E-state index >= 15 is 0 Å². The van der Waals surface area contributed by atoms with E-state index in [1.165, 1.54) is 0 Å². The average molecular weight is 386 g/mol. The molecule has 0 atom stereocenters. The maximum Gasteiger partial charge on any atom is 0.252 e. The van der Waals surface area contributed by atoms with E-state index in [9.17, 15) is 4.79 Å². The van der Waals surface area contributed by atoms with Crippen LogP contribution in [0, 0.1) is 0 Å². The van der Waals surface area contributed by atoms with Gasteiger partial charge < -0.3 is 5.32 Å². The lowest BCUT2D eigenvalue weighted by molar-refractivity contribution is 0.0953. The van der Waals surface area contributed by atoms with E-state index in [2.05, 4.69) is 5.32 Å². The number of hydrogen-bond acceptors (Lipinski definition) is 3. The summed E-state index contributed by atoms with van der Waals surface area (Å²) in [5.74, 6) is 1.60. The van der Waals surface area contributed by atoms with Crippen LogP contribution in [0.4, 0.5) is 0 Å². The Morgan fingerprint density at radius 2 is 1.96 bits per heavy atom. The van der Waals surface area contributed by atoms with Gasteiger partial charge in [0.1, 0.15) is 0 Å². The maximum atomic E-state index is 12.2. The van der Waals surface area contributed by atoms with Crippen LogP contribution < -0.4 is 5.32 Å². The third-order valence-corrected chi connectivity index (χ3v) is 5.55. The lowest BCUT2D eigenvalue weighted by Crippen LogP contribution is -2.26. The highest BCUT2D eigenvalue weighted by atomic mass is 35.5. The van der Waals surface area contributed by atoms with Crippen molar-refractivity contribution in [2.45, 2.75) is 10.6 Å². The molecule has 2 nitrogen and oxygen atoms in total. The minimum Gasteiger partial charge on any atom is -0.351 e. The molecular formula is C17H17Cl2NOS2. The molecule has 0 saturated heterocycles. The van der Waals surface area contributed by atoms with Gasteiger partial charge in [-0.15, -0.1) is 11.8 Å². The fourth-order valence-corrected chi connectivity index (χ4v) is 4.00. The molecule has 6 heteroatoms. The van der Waals surface area contributed by atoms with Gasteiger partial charge in [0.25, 0.3) is 5.91 Å². The van der Waals surface area contributed by atoms with Crippen LogP contribution in [0.15, 0.2) is 47.4 Å². The molecule has 1 N–H and O–H groups in total. The molecule has 23 heavy (non-hydrogen) atoms. The van der Waals surface area contributed by atoms with Crippen LogP contribution >= 0.6 is 46.7 Å². The molecule has 0 aromatic heterocycles. The van der Waals surface area contributed by atoms with Crippen molar-refractivity contribution >= 4 is 52.6 Å². The predicted octanol–water partition coefficient (Wildman–Crippen LogP) is 5.38. The quantitative estimate of drug-likeness (QED) is 0.512. The molecule has 0 bridgehead atoms. The van der Waals surface area contributed by atoms with Gasteiger partial charge in [0.15, 0.2) is 0 Å². The fraction of sp³-hybridized carbons (Fsp3) is 0.235. The highest BCUT2D eigenvalue weighted by Gasteiger charge is 2.09. The number of nitrogens with one attached hydrogen (secondary N) is 1. The molecule has 0 unspecified atom stereocenters. The summed E-state index contributed by atoms with van der Waals surface area (Å²) >= 11 is 15.3. The van der Waals surface area contributed by atoms with E-state index in [1.54, 1.807) is 29.6 Å². The Hall–Kier alpha value is -0.810. The van der Waals surface area contributed by atoms with Crippen LogP contribution in [0.5, 0.6) is 0 Å². The van der Waals surface area contributed by atoms with Crippen molar-refractivity contribution in [2.24, 2.45) is 0 Å². The summed E-state index contributed by atoms with van der Waals surface area (Å²) in [6, 6.07) is 13.1. The number of carbonyl (C=O) groups is 1. The van der Waals surface area contributed by atoms with Crippen LogP contribution in [-0.4, -0.2) is 24.5 Å². The zero-order valence-electron chi connectivity index (χ0n) is 12.6. The van der Waals surface area contributed by atoms with Crippen molar-refractivity contribution in [3.8, 4) is 0 Å². The second kappa shape index (κ2) is 9.48. The van der Waals surface area contributed by atoms with E-state index in [0.717, 1.165) is 27.5 Å². The van der Waals surface area contributed by atoms with Crippen molar-refractivity contribution in [2.75, 3.05) is 18.6 Å². The molecule has 0 spiro atoms. The molecule has 0 fully saturated rings. The first-order chi connectivity index (χ1) is 11.1. The van der Waals surface area contributed by atoms with E-state index < -0.39 is 0 Å². The summed E-state index contributed by atoms with van der Waals surface area (Å²) in [6.45, 7) is 0.622. The summed E-state index contributed by atoms with van der Waals surface area (Å²) in [5.41, 5.74) is 1.78. The highest BCUT2D eigenvalue weighted by molar-refractivity contribution is 7.98. The van der Waals surface area contributed by atoms with Crippen LogP contribution in [0.2, 0.25) is 10.0 Å². The normalized spacial score (nSPS) is 10.6. The minimum absolute atomic E-state index is 0.0277. The van der Waals surface area contributed by atoms with Crippen LogP contribution in [0.1, 0.15) is 15.9 Å². The molecule has 2 aromatic rings. The number of benzene rings is 2. The minimum atomic E-state index is -0.0277. The van der Waals surface area contributed by atoms with E-state index in [4.69, 9.17) is 23.2 Å². The van der Waals surface area contributed by atoms with Crippen molar-refractivity contribution in [3.05, 3.63) is 63.6 Å². The number of rotatable bonds is 7. The summed E-state index contributed by atoms with van der Waals surface area (Å²) < 4.78 is 0. The average Bonchev–Trinajstić information content (AvgIpc) is 2.56.